The third-order valence-electron chi connectivity index (χ3n) is 7.39. The first-order valence-corrected chi connectivity index (χ1v) is 14.4. The van der Waals surface area contributed by atoms with Gasteiger partial charge in [-0.05, 0) is 61.8 Å². The zero-order valence-electron chi connectivity index (χ0n) is 20.9. The summed E-state index contributed by atoms with van der Waals surface area (Å²) < 4.78 is 72.9. The van der Waals surface area contributed by atoms with Gasteiger partial charge in [-0.25, -0.2) is 8.42 Å². The van der Waals surface area contributed by atoms with Crippen molar-refractivity contribution in [2.75, 3.05) is 12.0 Å². The van der Waals surface area contributed by atoms with Crippen LogP contribution in [0.4, 0.5) is 13.2 Å². The van der Waals surface area contributed by atoms with Crippen LogP contribution >= 0.6 is 24.8 Å². The number of hydrogen-bond acceptors (Lipinski definition) is 6. The van der Waals surface area contributed by atoms with Crippen molar-refractivity contribution in [1.29, 1.82) is 0 Å². The first-order chi connectivity index (χ1) is 17.0. The van der Waals surface area contributed by atoms with Crippen LogP contribution in [0.15, 0.2) is 48.5 Å². The average molecular weight is 598 g/mol. The number of fused-ring (bicyclic) bond motifs is 2. The smallest absolute Gasteiger partial charge is 0.490 e. The van der Waals surface area contributed by atoms with Gasteiger partial charge >= 0.3 is 6.36 Å². The lowest BCUT2D eigenvalue weighted by Crippen LogP contribution is -2.58. The average Bonchev–Trinajstić information content (AvgIpc) is 3.57. The number of ether oxygens (including phenoxy) is 2. The van der Waals surface area contributed by atoms with E-state index in [4.69, 9.17) is 4.74 Å². The number of sulfone groups is 1. The van der Waals surface area contributed by atoms with Gasteiger partial charge in [-0.1, -0.05) is 30.3 Å². The molecule has 212 valence electrons. The van der Waals surface area contributed by atoms with Crippen molar-refractivity contribution in [3.63, 3.8) is 0 Å². The molecule has 3 fully saturated rings. The van der Waals surface area contributed by atoms with Gasteiger partial charge in [-0.3, -0.25) is 0 Å². The molecule has 0 spiro atoms. The molecule has 1 aliphatic carbocycles. The third kappa shape index (κ3) is 7.27. The molecule has 6 nitrogen and oxygen atoms in total. The molecule has 0 unspecified atom stereocenters. The van der Waals surface area contributed by atoms with Crippen LogP contribution in [0, 0.1) is 5.92 Å². The zero-order chi connectivity index (χ0) is 25.6. The molecule has 5 rings (SSSR count). The van der Waals surface area contributed by atoms with E-state index in [1.54, 1.807) is 0 Å². The number of rotatable bonds is 9. The molecule has 2 aliphatic heterocycles. The largest absolute Gasteiger partial charge is 0.573 e. The van der Waals surface area contributed by atoms with Gasteiger partial charge in [0, 0.05) is 30.4 Å². The summed E-state index contributed by atoms with van der Waals surface area (Å²) in [5, 5.41) is 7.33. The van der Waals surface area contributed by atoms with E-state index in [1.165, 1.54) is 24.5 Å². The molecule has 4 atom stereocenters. The van der Waals surface area contributed by atoms with Crippen molar-refractivity contribution >= 4 is 34.7 Å². The minimum atomic E-state index is -4.78. The third-order valence-corrected chi connectivity index (χ3v) is 8.42. The van der Waals surface area contributed by atoms with Crippen molar-refractivity contribution in [3.8, 4) is 11.5 Å². The Morgan fingerprint density at radius 3 is 2.39 bits per heavy atom. The molecule has 2 bridgehead atoms. The molecule has 2 aromatic rings. The van der Waals surface area contributed by atoms with Crippen molar-refractivity contribution < 1.29 is 31.1 Å². The van der Waals surface area contributed by atoms with E-state index in [0.717, 1.165) is 31.2 Å². The van der Waals surface area contributed by atoms with Crippen molar-refractivity contribution in [2.24, 2.45) is 5.92 Å². The summed E-state index contributed by atoms with van der Waals surface area (Å²) in [5.74, 6) is 0.388. The van der Waals surface area contributed by atoms with Gasteiger partial charge in [0.15, 0.2) is 0 Å². The van der Waals surface area contributed by atoms with Crippen LogP contribution < -0.4 is 20.1 Å². The van der Waals surface area contributed by atoms with E-state index in [9.17, 15) is 21.6 Å². The summed E-state index contributed by atoms with van der Waals surface area (Å²) in [5.41, 5.74) is 1.20. The Labute approximate surface area is 233 Å². The van der Waals surface area contributed by atoms with Crippen LogP contribution in [-0.4, -0.2) is 45.0 Å². The van der Waals surface area contributed by atoms with Gasteiger partial charge in [0.1, 0.15) is 21.3 Å². The van der Waals surface area contributed by atoms with Crippen molar-refractivity contribution in [1.82, 2.24) is 10.6 Å². The maximum Gasteiger partial charge on any atom is 0.573 e. The summed E-state index contributed by atoms with van der Waals surface area (Å²) in [6.07, 6.45) is 0.742. The van der Waals surface area contributed by atoms with Gasteiger partial charge in [-0.15, -0.1) is 38.0 Å². The second-order valence-corrected chi connectivity index (χ2v) is 12.5. The summed E-state index contributed by atoms with van der Waals surface area (Å²) in [6.45, 7) is 0.291. The quantitative estimate of drug-likeness (QED) is 0.417. The Bertz CT molecular complexity index is 1200. The molecular formula is C26H33Cl2F3N2O4S. The number of piperidine rings is 1. The Hall–Kier alpha value is -1.72. The number of halogens is 5. The number of benzene rings is 2. The van der Waals surface area contributed by atoms with Gasteiger partial charge in [0.05, 0.1) is 17.4 Å². The molecule has 2 N–H and O–H groups in total. The van der Waals surface area contributed by atoms with Gasteiger partial charge in [0.2, 0.25) is 0 Å². The maximum absolute atomic E-state index is 12.8. The fourth-order valence-electron chi connectivity index (χ4n) is 5.79. The minimum Gasteiger partial charge on any atom is -0.490 e. The summed E-state index contributed by atoms with van der Waals surface area (Å²) in [4.78, 5) is 0. The van der Waals surface area contributed by atoms with Crippen LogP contribution in [0.5, 0.6) is 11.5 Å². The fraction of sp³-hybridized carbons (Fsp3) is 0.538. The Balaban J connectivity index is 0.00000200. The highest BCUT2D eigenvalue weighted by Gasteiger charge is 2.53. The van der Waals surface area contributed by atoms with Crippen LogP contribution in [0.25, 0.3) is 0 Å². The minimum absolute atomic E-state index is 0. The first-order valence-electron chi connectivity index (χ1n) is 12.3. The van der Waals surface area contributed by atoms with Gasteiger partial charge < -0.3 is 20.1 Å². The number of alkyl halides is 3. The highest BCUT2D eigenvalue weighted by Crippen LogP contribution is 2.46. The second-order valence-electron chi connectivity index (χ2n) is 10.3. The first kappa shape index (κ1) is 30.8. The number of hydrogen-bond donors (Lipinski definition) is 2. The van der Waals surface area contributed by atoms with Crippen LogP contribution in [0.2, 0.25) is 0 Å². The summed E-state index contributed by atoms with van der Waals surface area (Å²) in [6, 6.07) is 14.2. The van der Waals surface area contributed by atoms with Gasteiger partial charge in [0.25, 0.3) is 0 Å². The second kappa shape index (κ2) is 11.8. The van der Waals surface area contributed by atoms with E-state index in [2.05, 4.69) is 15.4 Å². The zero-order valence-corrected chi connectivity index (χ0v) is 23.3. The van der Waals surface area contributed by atoms with E-state index in [1.807, 2.05) is 30.3 Å². The fourth-order valence-corrected chi connectivity index (χ4v) is 6.92. The monoisotopic (exact) mass is 596 g/mol. The van der Waals surface area contributed by atoms with E-state index in [-0.39, 0.29) is 60.4 Å². The van der Waals surface area contributed by atoms with Gasteiger partial charge in [-0.2, -0.15) is 0 Å². The molecule has 0 aromatic heterocycles. The highest BCUT2D eigenvalue weighted by atomic mass is 35.5. The SMILES string of the molecule is CS(=O)(=O)C[C@@H]1C[C@]2(c3ccccc3)N[C@H]1CC[C@H]2NCc1cc(OC(F)(F)F)ccc1OC1CC1.Cl.Cl. The molecule has 2 aromatic carbocycles. The Kier molecular flexibility index (Phi) is 9.57. The molecule has 0 amide bonds. The van der Waals surface area contributed by atoms with E-state index >= 15 is 0 Å². The molecule has 2 saturated heterocycles. The molecular weight excluding hydrogens is 564 g/mol. The normalized spacial score (nSPS) is 26.7. The maximum atomic E-state index is 12.8. The molecule has 3 aliphatic rings. The topological polar surface area (TPSA) is 76.7 Å². The summed E-state index contributed by atoms with van der Waals surface area (Å²) >= 11 is 0. The molecule has 38 heavy (non-hydrogen) atoms. The van der Waals surface area contributed by atoms with E-state index in [0.29, 0.717) is 24.3 Å². The standard InChI is InChI=1S/C26H31F3N2O4S.2ClH/c1-36(32,33)16-18-14-25(19-5-3-2-4-6-19)24(12-10-22(18)31-25)30-15-17-13-21(35-26(27,28)29)9-11-23(17)34-20-7-8-20;;/h2-6,9,11,13,18,20,22,24,30-31H,7-8,10,12,14-16H2,1H3;2*1H/t18-,22-,24+,25+;;/m0../s1. The molecule has 1 saturated carbocycles. The summed E-state index contributed by atoms with van der Waals surface area (Å²) in [7, 11) is -3.14. The van der Waals surface area contributed by atoms with E-state index < -0.39 is 21.7 Å². The lowest BCUT2D eigenvalue weighted by molar-refractivity contribution is -0.274. The molecule has 0 radical (unpaired) electrons. The van der Waals surface area contributed by atoms with Crippen LogP contribution in [0.1, 0.15) is 43.2 Å². The number of nitrogens with one attached hydrogen (secondary N) is 2. The molecule has 2 heterocycles. The predicted molar refractivity (Wildman–Crippen MR) is 144 cm³/mol. The van der Waals surface area contributed by atoms with Crippen LogP contribution in [-0.2, 0) is 21.9 Å². The highest BCUT2D eigenvalue weighted by molar-refractivity contribution is 7.90. The Morgan fingerprint density at radius 1 is 1.05 bits per heavy atom. The van der Waals surface area contributed by atoms with Crippen molar-refractivity contribution in [2.45, 2.75) is 68.7 Å². The predicted octanol–water partition coefficient (Wildman–Crippen LogP) is 5.14. The van der Waals surface area contributed by atoms with Crippen LogP contribution in [0.3, 0.4) is 0 Å². The lowest BCUT2D eigenvalue weighted by Gasteiger charge is -2.43. The lowest BCUT2D eigenvalue weighted by atomic mass is 9.78. The Morgan fingerprint density at radius 2 is 1.76 bits per heavy atom. The van der Waals surface area contributed by atoms with Crippen molar-refractivity contribution in [3.05, 3.63) is 59.7 Å². The molecule has 12 heteroatoms.